The molecule has 0 aromatic heterocycles. The van der Waals surface area contributed by atoms with E-state index < -0.39 is 6.10 Å². The van der Waals surface area contributed by atoms with E-state index in [2.05, 4.69) is 37.9 Å². The summed E-state index contributed by atoms with van der Waals surface area (Å²) in [5.74, 6) is 1.61. The van der Waals surface area contributed by atoms with Crippen molar-refractivity contribution < 1.29 is 14.6 Å². The first-order chi connectivity index (χ1) is 15.8. The van der Waals surface area contributed by atoms with Gasteiger partial charge in [0, 0.05) is 30.4 Å². The lowest BCUT2D eigenvalue weighted by molar-refractivity contribution is 0.136. The van der Waals surface area contributed by atoms with Crippen LogP contribution >= 0.6 is 12.6 Å². The third-order valence-corrected chi connectivity index (χ3v) is 5.71. The molecule has 6 nitrogen and oxygen atoms in total. The number of unbranched alkanes of at least 4 members (excludes halogenated alkanes) is 1. The molecule has 180 valence electrons. The van der Waals surface area contributed by atoms with E-state index in [0.717, 1.165) is 41.3 Å². The maximum absolute atomic E-state index is 10.2. The molecule has 33 heavy (non-hydrogen) atoms. The van der Waals surface area contributed by atoms with Crippen LogP contribution in [0.1, 0.15) is 38.7 Å². The number of hydrogen-bond acceptors (Lipinski definition) is 7. The molecular formula is C26H37N3O3S. The number of aliphatic hydroxyl groups excluding tert-OH is 1. The minimum atomic E-state index is -0.560. The number of thiol groups is 1. The second-order valence-electron chi connectivity index (χ2n) is 9.06. The smallest absolute Gasteiger partial charge is 0.162 e. The van der Waals surface area contributed by atoms with Crippen molar-refractivity contribution in [3.63, 3.8) is 0 Å². The number of aliphatic hydroxyl groups is 1. The molecular weight excluding hydrogens is 434 g/mol. The number of hydrogen-bond donors (Lipinski definition) is 4. The van der Waals surface area contributed by atoms with Gasteiger partial charge >= 0.3 is 0 Å². The van der Waals surface area contributed by atoms with Gasteiger partial charge in [-0.3, -0.25) is 0 Å². The summed E-state index contributed by atoms with van der Waals surface area (Å²) in [6, 6.07) is 17.5. The molecule has 2 unspecified atom stereocenters. The van der Waals surface area contributed by atoms with Crippen LogP contribution in [0.4, 0.5) is 0 Å². The van der Waals surface area contributed by atoms with Gasteiger partial charge in [0.25, 0.3) is 0 Å². The van der Waals surface area contributed by atoms with Crippen LogP contribution in [-0.4, -0.2) is 43.6 Å². The van der Waals surface area contributed by atoms with Crippen molar-refractivity contribution in [3.05, 3.63) is 54.1 Å². The Labute approximate surface area is 203 Å². The van der Waals surface area contributed by atoms with E-state index in [9.17, 15) is 5.11 Å². The quantitative estimate of drug-likeness (QED) is 0.309. The molecule has 7 heteroatoms. The average molecular weight is 472 g/mol. The van der Waals surface area contributed by atoms with Gasteiger partial charge in [-0.05, 0) is 48.4 Å². The van der Waals surface area contributed by atoms with E-state index in [0.29, 0.717) is 32.6 Å². The summed E-state index contributed by atoms with van der Waals surface area (Å²) in [5, 5.41) is 22.0. The summed E-state index contributed by atoms with van der Waals surface area (Å²) in [4.78, 5) is 0.897. The van der Waals surface area contributed by atoms with Crippen molar-refractivity contribution in [1.82, 2.24) is 5.32 Å². The van der Waals surface area contributed by atoms with Crippen molar-refractivity contribution in [1.29, 1.82) is 5.26 Å². The normalized spacial score (nSPS) is 14.4. The highest BCUT2D eigenvalue weighted by atomic mass is 32.1. The Morgan fingerprint density at radius 3 is 2.55 bits per heavy atom. The Bertz CT molecular complexity index is 871. The molecule has 0 spiro atoms. The Morgan fingerprint density at radius 2 is 1.85 bits per heavy atom. The zero-order valence-electron chi connectivity index (χ0n) is 19.7. The van der Waals surface area contributed by atoms with Gasteiger partial charge < -0.3 is 25.6 Å². The van der Waals surface area contributed by atoms with Crippen molar-refractivity contribution in [3.8, 4) is 17.6 Å². The van der Waals surface area contributed by atoms with Crippen LogP contribution in [0.25, 0.3) is 0 Å². The number of nitriles is 1. The molecule has 2 aromatic rings. The van der Waals surface area contributed by atoms with E-state index in [1.807, 2.05) is 48.5 Å². The summed E-state index contributed by atoms with van der Waals surface area (Å²) in [6.07, 6.45) is 2.64. The second kappa shape index (κ2) is 14.1. The first-order valence-electron chi connectivity index (χ1n) is 11.4. The number of nitrogens with one attached hydrogen (secondary N) is 1. The first kappa shape index (κ1) is 27.0. The minimum Gasteiger partial charge on any atom is -0.486 e. The Kier molecular flexibility index (Phi) is 11.6. The first-order valence-corrected chi connectivity index (χ1v) is 11.9. The molecule has 1 aliphatic rings. The fourth-order valence-electron chi connectivity index (χ4n) is 3.50. The van der Waals surface area contributed by atoms with Gasteiger partial charge in [-0.2, -0.15) is 5.26 Å². The number of benzene rings is 2. The zero-order chi connectivity index (χ0) is 24.1. The minimum absolute atomic E-state index is 0.125. The van der Waals surface area contributed by atoms with E-state index >= 15 is 0 Å². The maximum Gasteiger partial charge on any atom is 0.162 e. The van der Waals surface area contributed by atoms with Crippen molar-refractivity contribution >= 4 is 12.6 Å². The highest BCUT2D eigenvalue weighted by Gasteiger charge is 2.19. The molecule has 0 amide bonds. The number of fused-ring (bicyclic) bond motifs is 1. The van der Waals surface area contributed by atoms with Crippen molar-refractivity contribution in [2.75, 3.05) is 26.3 Å². The summed E-state index contributed by atoms with van der Waals surface area (Å²) < 4.78 is 10.6. The topological polar surface area (TPSA) is 101 Å². The average Bonchev–Trinajstić information content (AvgIpc) is 2.80. The largest absolute Gasteiger partial charge is 0.486 e. The van der Waals surface area contributed by atoms with Gasteiger partial charge in [-0.15, -0.1) is 12.6 Å². The number of nitrogens with two attached hydrogens (primary N) is 1. The van der Waals surface area contributed by atoms with Crippen molar-refractivity contribution in [2.24, 2.45) is 11.1 Å². The molecule has 0 bridgehead atoms. The number of rotatable bonds is 10. The monoisotopic (exact) mass is 471 g/mol. The predicted molar refractivity (Wildman–Crippen MR) is 135 cm³/mol. The van der Waals surface area contributed by atoms with Crippen molar-refractivity contribution in [2.45, 2.75) is 56.6 Å². The van der Waals surface area contributed by atoms with E-state index in [1.165, 1.54) is 0 Å². The fraction of sp³-hybridized carbons (Fsp3) is 0.500. The van der Waals surface area contributed by atoms with Gasteiger partial charge in [0.15, 0.2) is 11.5 Å². The lowest BCUT2D eigenvalue weighted by Crippen LogP contribution is -2.44. The van der Waals surface area contributed by atoms with Crippen LogP contribution in [-0.2, 0) is 6.42 Å². The van der Waals surface area contributed by atoms with E-state index in [1.54, 1.807) is 0 Å². The van der Waals surface area contributed by atoms with Crippen LogP contribution < -0.4 is 20.5 Å². The third-order valence-electron chi connectivity index (χ3n) is 5.43. The van der Waals surface area contributed by atoms with Gasteiger partial charge in [-0.1, -0.05) is 44.2 Å². The van der Waals surface area contributed by atoms with Gasteiger partial charge in [0.05, 0.1) is 12.2 Å². The summed E-state index contributed by atoms with van der Waals surface area (Å²) in [6.45, 7) is 6.92. The van der Waals surface area contributed by atoms with E-state index in [4.69, 9.17) is 20.5 Å². The molecule has 0 fully saturated rings. The van der Waals surface area contributed by atoms with E-state index in [-0.39, 0.29) is 11.5 Å². The van der Waals surface area contributed by atoms with Crippen LogP contribution in [0.3, 0.4) is 0 Å². The van der Waals surface area contributed by atoms with Gasteiger partial charge in [-0.25, -0.2) is 0 Å². The van der Waals surface area contributed by atoms with Gasteiger partial charge in [0.2, 0.25) is 0 Å². The van der Waals surface area contributed by atoms with Crippen LogP contribution in [0.15, 0.2) is 53.4 Å². The zero-order valence-corrected chi connectivity index (χ0v) is 20.6. The molecule has 0 aliphatic carbocycles. The SMILES string of the molecule is CC(C)(CCCC#N)CNCC(O)C(N)Cc1ccccc1.Sc1ccc2c(c1)OCCO2. The predicted octanol–water partition coefficient (Wildman–Crippen LogP) is 3.97. The maximum atomic E-state index is 10.2. The van der Waals surface area contributed by atoms with Gasteiger partial charge in [0.1, 0.15) is 13.2 Å². The molecule has 1 aliphatic heterocycles. The Hall–Kier alpha value is -2.24. The molecule has 2 aromatic carbocycles. The third kappa shape index (κ3) is 10.5. The Morgan fingerprint density at radius 1 is 1.15 bits per heavy atom. The van der Waals surface area contributed by atoms with Crippen LogP contribution in [0.2, 0.25) is 0 Å². The molecule has 0 saturated carbocycles. The summed E-state index contributed by atoms with van der Waals surface area (Å²) >= 11 is 4.18. The second-order valence-corrected chi connectivity index (χ2v) is 9.57. The Balaban J connectivity index is 0.000000288. The highest BCUT2D eigenvalue weighted by Crippen LogP contribution is 2.31. The molecule has 3 rings (SSSR count). The molecule has 0 radical (unpaired) electrons. The van der Waals surface area contributed by atoms with Crippen LogP contribution in [0, 0.1) is 16.7 Å². The molecule has 1 heterocycles. The fourth-order valence-corrected chi connectivity index (χ4v) is 3.69. The molecule has 0 saturated heterocycles. The summed E-state index contributed by atoms with van der Waals surface area (Å²) in [5.41, 5.74) is 7.34. The standard InChI is InChI=1S/C18H29N3O.C8H8O2S/c1-18(2,10-6-7-11-19)14-21-13-17(22)16(20)12-15-8-4-3-5-9-15;11-6-1-2-7-8(5-6)10-4-3-9-7/h3-5,8-9,16-17,21-22H,6-7,10,12-14,20H2,1-2H3;1-2,5,11H,3-4H2. The number of ether oxygens (including phenoxy) is 2. The highest BCUT2D eigenvalue weighted by molar-refractivity contribution is 7.80. The lowest BCUT2D eigenvalue weighted by atomic mass is 9.87. The lowest BCUT2D eigenvalue weighted by Gasteiger charge is -2.26. The molecule has 2 atom stereocenters. The molecule has 4 N–H and O–H groups in total. The van der Waals surface area contributed by atoms with Crippen LogP contribution in [0.5, 0.6) is 11.5 Å². The summed E-state index contributed by atoms with van der Waals surface area (Å²) in [7, 11) is 0. The number of nitrogens with zero attached hydrogens (tertiary/aromatic N) is 1.